The maximum Gasteiger partial charge on any atom is 0.242 e. The van der Waals surface area contributed by atoms with Gasteiger partial charge in [0.1, 0.15) is 0 Å². The smallest absolute Gasteiger partial charge is 0.242 e. The van der Waals surface area contributed by atoms with E-state index in [1.54, 1.807) is 9.80 Å². The lowest BCUT2D eigenvalue weighted by Gasteiger charge is -2.58. The molecule has 2 aliphatic heterocycles. The molecule has 1 saturated carbocycles. The highest BCUT2D eigenvalue weighted by Crippen LogP contribution is 2.42. The third-order valence-electron chi connectivity index (χ3n) is 6.48. The van der Waals surface area contributed by atoms with Gasteiger partial charge in [-0.05, 0) is 30.5 Å². The molecule has 28 heavy (non-hydrogen) atoms. The maximum absolute atomic E-state index is 12.5. The van der Waals surface area contributed by atoms with Crippen LogP contribution < -0.4 is 0 Å². The predicted molar refractivity (Wildman–Crippen MR) is 106 cm³/mol. The van der Waals surface area contributed by atoms with E-state index in [0.29, 0.717) is 18.9 Å². The van der Waals surface area contributed by atoms with E-state index in [1.807, 2.05) is 19.1 Å². The van der Waals surface area contributed by atoms with Crippen molar-refractivity contribution >= 4 is 11.8 Å². The van der Waals surface area contributed by atoms with Crippen LogP contribution in [0.1, 0.15) is 56.1 Å². The highest BCUT2D eigenvalue weighted by Gasteiger charge is 2.54. The van der Waals surface area contributed by atoms with Gasteiger partial charge in [0.2, 0.25) is 11.8 Å². The maximum atomic E-state index is 12.5. The van der Waals surface area contributed by atoms with Gasteiger partial charge in [-0.1, -0.05) is 43.7 Å². The minimum Gasteiger partial charge on any atom is -0.394 e. The van der Waals surface area contributed by atoms with E-state index >= 15 is 0 Å². The Morgan fingerprint density at radius 1 is 1.21 bits per heavy atom. The number of benzene rings is 1. The molecule has 3 fully saturated rings. The minimum absolute atomic E-state index is 0.0109. The molecule has 0 unspecified atom stereocenters. The first-order chi connectivity index (χ1) is 13.6. The highest BCUT2D eigenvalue weighted by atomic mass is 16.3. The van der Waals surface area contributed by atoms with Crippen LogP contribution in [0.25, 0.3) is 0 Å². The summed E-state index contributed by atoms with van der Waals surface area (Å²) >= 11 is 0. The van der Waals surface area contributed by atoms with Crippen LogP contribution in [0, 0.1) is 17.8 Å². The van der Waals surface area contributed by atoms with Gasteiger partial charge in [-0.25, -0.2) is 0 Å². The van der Waals surface area contributed by atoms with Gasteiger partial charge < -0.3 is 14.9 Å². The Hall–Kier alpha value is -2.32. The van der Waals surface area contributed by atoms with Crippen LogP contribution in [0.2, 0.25) is 0 Å². The Bertz CT molecular complexity index is 801. The Balaban J connectivity index is 1.50. The third-order valence-corrected chi connectivity index (χ3v) is 6.48. The Kier molecular flexibility index (Phi) is 5.41. The fourth-order valence-corrected chi connectivity index (χ4v) is 4.96. The molecule has 1 aromatic rings. The number of piperazine rings is 1. The van der Waals surface area contributed by atoms with Crippen LogP contribution in [0.3, 0.4) is 0 Å². The first-order valence-electron chi connectivity index (χ1n) is 10.4. The second-order valence-corrected chi connectivity index (χ2v) is 8.14. The zero-order valence-electron chi connectivity index (χ0n) is 16.4. The van der Waals surface area contributed by atoms with Crippen LogP contribution in [0.15, 0.2) is 24.3 Å². The number of hydrogen-bond donors (Lipinski definition) is 1. The van der Waals surface area contributed by atoms with Gasteiger partial charge in [0.25, 0.3) is 0 Å². The van der Waals surface area contributed by atoms with Crippen molar-refractivity contribution in [2.75, 3.05) is 19.7 Å². The van der Waals surface area contributed by atoms with E-state index in [0.717, 1.165) is 11.1 Å². The summed E-state index contributed by atoms with van der Waals surface area (Å²) in [5.74, 6) is 7.21. The number of carbonyl (C=O) groups is 2. The summed E-state index contributed by atoms with van der Waals surface area (Å²) in [6.07, 6.45) is 5.41. The lowest BCUT2D eigenvalue weighted by atomic mass is 9.73. The van der Waals surface area contributed by atoms with Crippen molar-refractivity contribution in [1.82, 2.24) is 9.80 Å². The lowest BCUT2D eigenvalue weighted by Crippen LogP contribution is -2.73. The molecule has 148 valence electrons. The zero-order valence-corrected chi connectivity index (χ0v) is 16.4. The molecule has 0 aromatic heterocycles. The van der Waals surface area contributed by atoms with Gasteiger partial charge >= 0.3 is 0 Å². The highest BCUT2D eigenvalue weighted by molar-refractivity contribution is 5.87. The van der Waals surface area contributed by atoms with E-state index < -0.39 is 0 Å². The average Bonchev–Trinajstić information content (AvgIpc) is 3.22. The molecule has 1 aliphatic carbocycles. The van der Waals surface area contributed by atoms with E-state index in [4.69, 9.17) is 0 Å². The van der Waals surface area contributed by atoms with Crippen molar-refractivity contribution in [3.8, 4) is 11.8 Å². The van der Waals surface area contributed by atoms with Gasteiger partial charge in [0, 0.05) is 30.4 Å². The van der Waals surface area contributed by atoms with Crippen molar-refractivity contribution in [3.63, 3.8) is 0 Å². The number of amides is 2. The SMILES string of the molecule is CCC(=O)N1CC(=O)N2[C@H](C1)[C@H](c1ccc(C#CC3CCCC3)cc1)[C@@H]2CO. The number of nitrogens with zero attached hydrogens (tertiary/aromatic N) is 2. The van der Waals surface area contributed by atoms with Gasteiger partial charge in [-0.2, -0.15) is 0 Å². The summed E-state index contributed by atoms with van der Waals surface area (Å²) in [7, 11) is 0. The first-order valence-corrected chi connectivity index (χ1v) is 10.4. The van der Waals surface area contributed by atoms with Gasteiger partial charge in [-0.3, -0.25) is 9.59 Å². The second kappa shape index (κ2) is 7.97. The number of aliphatic hydroxyl groups is 1. The van der Waals surface area contributed by atoms with E-state index in [9.17, 15) is 14.7 Å². The average molecular weight is 380 g/mol. The molecule has 0 spiro atoms. The van der Waals surface area contributed by atoms with Crippen molar-refractivity contribution in [1.29, 1.82) is 0 Å². The molecule has 0 bridgehead atoms. The minimum atomic E-state index is -0.202. The van der Waals surface area contributed by atoms with Crippen molar-refractivity contribution < 1.29 is 14.7 Å². The van der Waals surface area contributed by atoms with Crippen molar-refractivity contribution in [3.05, 3.63) is 35.4 Å². The van der Waals surface area contributed by atoms with Crippen LogP contribution in [-0.4, -0.2) is 58.5 Å². The summed E-state index contributed by atoms with van der Waals surface area (Å²) in [5, 5.41) is 9.86. The van der Waals surface area contributed by atoms with Gasteiger partial charge in [0.05, 0.1) is 25.2 Å². The van der Waals surface area contributed by atoms with E-state index in [2.05, 4.69) is 24.0 Å². The Labute approximate surface area is 166 Å². The van der Waals surface area contributed by atoms with E-state index in [1.165, 1.54) is 25.7 Å². The van der Waals surface area contributed by atoms with Crippen molar-refractivity contribution in [2.24, 2.45) is 5.92 Å². The number of fused-ring (bicyclic) bond motifs is 1. The summed E-state index contributed by atoms with van der Waals surface area (Å²) in [5.41, 5.74) is 2.11. The summed E-state index contributed by atoms with van der Waals surface area (Å²) in [6.45, 7) is 2.43. The predicted octanol–water partition coefficient (Wildman–Crippen LogP) is 2.14. The van der Waals surface area contributed by atoms with Crippen molar-refractivity contribution in [2.45, 2.75) is 57.0 Å². The lowest BCUT2D eigenvalue weighted by molar-refractivity contribution is -0.166. The molecule has 4 rings (SSSR count). The third kappa shape index (κ3) is 3.42. The zero-order chi connectivity index (χ0) is 19.7. The summed E-state index contributed by atoms with van der Waals surface area (Å²) < 4.78 is 0. The largest absolute Gasteiger partial charge is 0.394 e. The molecule has 1 aromatic carbocycles. The second-order valence-electron chi connectivity index (χ2n) is 8.14. The monoisotopic (exact) mass is 380 g/mol. The molecular weight excluding hydrogens is 352 g/mol. The normalized spacial score (nSPS) is 27.1. The standard InChI is InChI=1S/C23H28N2O3/c1-2-21(27)24-13-19-23(20(15-26)25(19)22(28)14-24)18-11-9-17(10-12-18)8-7-16-5-3-4-6-16/h9-12,16,19-20,23,26H,2-6,13-15H2,1H3/t19-,20+,23+/m1/s1. The topological polar surface area (TPSA) is 60.9 Å². The van der Waals surface area contributed by atoms with Crippen LogP contribution in [-0.2, 0) is 9.59 Å². The molecule has 3 aliphatic rings. The fraction of sp³-hybridized carbons (Fsp3) is 0.565. The Morgan fingerprint density at radius 3 is 2.57 bits per heavy atom. The van der Waals surface area contributed by atoms with E-state index in [-0.39, 0.29) is 43.0 Å². The quantitative estimate of drug-likeness (QED) is 0.818. The molecule has 2 amide bonds. The van der Waals surface area contributed by atoms with Gasteiger partial charge in [-0.15, -0.1) is 0 Å². The molecule has 5 heteroatoms. The molecule has 3 atom stereocenters. The first kappa shape index (κ1) is 19.0. The van der Waals surface area contributed by atoms with Crippen LogP contribution in [0.4, 0.5) is 0 Å². The molecule has 2 heterocycles. The fourth-order valence-electron chi connectivity index (χ4n) is 4.96. The number of hydrogen-bond acceptors (Lipinski definition) is 3. The number of aliphatic hydroxyl groups excluding tert-OH is 1. The van der Waals surface area contributed by atoms with Crippen LogP contribution >= 0.6 is 0 Å². The summed E-state index contributed by atoms with van der Waals surface area (Å²) in [4.78, 5) is 28.0. The Morgan fingerprint density at radius 2 is 1.93 bits per heavy atom. The summed E-state index contributed by atoms with van der Waals surface area (Å²) in [6, 6.07) is 7.95. The molecule has 5 nitrogen and oxygen atoms in total. The molecule has 1 N–H and O–H groups in total. The molecule has 2 saturated heterocycles. The number of rotatable bonds is 3. The van der Waals surface area contributed by atoms with Crippen LogP contribution in [0.5, 0.6) is 0 Å². The molecular formula is C23H28N2O3. The molecule has 0 radical (unpaired) electrons. The number of carbonyl (C=O) groups excluding carboxylic acids is 2. The van der Waals surface area contributed by atoms with Gasteiger partial charge in [0.15, 0.2) is 0 Å².